The van der Waals surface area contributed by atoms with Crippen LogP contribution in [0.1, 0.15) is 26.0 Å². The molecule has 0 aliphatic rings. The van der Waals surface area contributed by atoms with Crippen LogP contribution >= 0.6 is 0 Å². The van der Waals surface area contributed by atoms with Crippen LogP contribution in [0.4, 0.5) is 0 Å². The number of nitrogens with zero attached hydrogens (tertiary/aromatic N) is 1. The third-order valence-corrected chi connectivity index (χ3v) is 4.08. The molecule has 1 aromatic rings. The molecule has 0 radical (unpaired) electrons. The first-order chi connectivity index (χ1) is 8.59. The van der Waals surface area contributed by atoms with E-state index in [1.54, 1.807) is 6.92 Å². The molecule has 18 heavy (non-hydrogen) atoms. The van der Waals surface area contributed by atoms with Crippen LogP contribution in [0, 0.1) is 0 Å². The van der Waals surface area contributed by atoms with Crippen LogP contribution in [0.15, 0.2) is 18.3 Å². The molecule has 0 aliphatic heterocycles. The maximum atomic E-state index is 11.4. The van der Waals surface area contributed by atoms with Gasteiger partial charge in [-0.25, -0.2) is 13.1 Å². The number of nitrogens with one attached hydrogen (secondary N) is 2. The molecule has 0 unspecified atom stereocenters. The third kappa shape index (κ3) is 5.20. The second-order valence-corrected chi connectivity index (χ2v) is 6.11. The van der Waals surface area contributed by atoms with E-state index in [4.69, 9.17) is 0 Å². The summed E-state index contributed by atoms with van der Waals surface area (Å²) in [5, 5.41) is 3.16. The van der Waals surface area contributed by atoms with E-state index in [9.17, 15) is 8.42 Å². The highest BCUT2D eigenvalue weighted by Gasteiger charge is 2.07. The summed E-state index contributed by atoms with van der Waals surface area (Å²) in [5.74, 6) is 0.120. The molecule has 2 N–H and O–H groups in total. The van der Waals surface area contributed by atoms with Crippen molar-refractivity contribution in [2.75, 3.05) is 18.8 Å². The van der Waals surface area contributed by atoms with Gasteiger partial charge in [0.05, 0.1) is 5.75 Å². The van der Waals surface area contributed by atoms with Gasteiger partial charge in [0.15, 0.2) is 0 Å². The largest absolute Gasteiger partial charge is 0.350 e. The molecule has 0 saturated carbocycles. The van der Waals surface area contributed by atoms with Gasteiger partial charge in [0, 0.05) is 38.1 Å². The van der Waals surface area contributed by atoms with Crippen molar-refractivity contribution in [2.45, 2.75) is 33.4 Å². The summed E-state index contributed by atoms with van der Waals surface area (Å²) < 4.78 is 27.5. The fraction of sp³-hybridized carbons (Fsp3) is 0.667. The highest BCUT2D eigenvalue weighted by molar-refractivity contribution is 7.89. The first kappa shape index (κ1) is 15.2. The number of aromatic nitrogens is 1. The van der Waals surface area contributed by atoms with Gasteiger partial charge in [0.1, 0.15) is 0 Å². The van der Waals surface area contributed by atoms with E-state index in [0.717, 1.165) is 13.0 Å². The summed E-state index contributed by atoms with van der Waals surface area (Å²) >= 11 is 0. The van der Waals surface area contributed by atoms with Gasteiger partial charge in [-0.15, -0.1) is 0 Å². The number of hydrogen-bond donors (Lipinski definition) is 2. The Labute approximate surface area is 110 Å². The number of hydrogen-bond acceptors (Lipinski definition) is 3. The quantitative estimate of drug-likeness (QED) is 0.658. The molecule has 0 aliphatic carbocycles. The van der Waals surface area contributed by atoms with Crippen LogP contribution in [-0.2, 0) is 23.1 Å². The average molecular weight is 273 g/mol. The zero-order valence-electron chi connectivity index (χ0n) is 11.1. The molecule has 5 nitrogen and oxygen atoms in total. The second kappa shape index (κ2) is 7.56. The smallest absolute Gasteiger partial charge is 0.212 e. The van der Waals surface area contributed by atoms with Crippen molar-refractivity contribution in [3.05, 3.63) is 24.0 Å². The van der Waals surface area contributed by atoms with E-state index in [1.165, 1.54) is 5.69 Å². The van der Waals surface area contributed by atoms with Gasteiger partial charge in [0.25, 0.3) is 0 Å². The Kier molecular flexibility index (Phi) is 6.38. The summed E-state index contributed by atoms with van der Waals surface area (Å²) in [4.78, 5) is 0. The summed E-state index contributed by atoms with van der Waals surface area (Å²) in [7, 11) is -3.11. The first-order valence-electron chi connectivity index (χ1n) is 6.41. The Hall–Kier alpha value is -0.850. The van der Waals surface area contributed by atoms with E-state index in [0.29, 0.717) is 19.6 Å². The minimum absolute atomic E-state index is 0.120. The predicted molar refractivity (Wildman–Crippen MR) is 73.9 cm³/mol. The summed E-state index contributed by atoms with van der Waals surface area (Å²) in [6, 6.07) is 4.07. The highest BCUT2D eigenvalue weighted by atomic mass is 32.2. The van der Waals surface area contributed by atoms with Crippen LogP contribution < -0.4 is 10.0 Å². The molecule has 0 saturated heterocycles. The Balaban J connectivity index is 2.31. The lowest BCUT2D eigenvalue weighted by Gasteiger charge is -2.09. The van der Waals surface area contributed by atoms with E-state index < -0.39 is 10.0 Å². The molecule has 0 amide bonds. The van der Waals surface area contributed by atoms with Crippen molar-refractivity contribution >= 4 is 10.0 Å². The Morgan fingerprint density at radius 3 is 2.78 bits per heavy atom. The number of sulfonamides is 1. The molecule has 0 fully saturated rings. The monoisotopic (exact) mass is 273 g/mol. The van der Waals surface area contributed by atoms with Gasteiger partial charge < -0.3 is 9.88 Å². The Morgan fingerprint density at radius 1 is 1.33 bits per heavy atom. The molecule has 1 rings (SSSR count). The number of rotatable bonds is 9. The van der Waals surface area contributed by atoms with Gasteiger partial charge >= 0.3 is 0 Å². The van der Waals surface area contributed by atoms with Gasteiger partial charge in [-0.05, 0) is 18.6 Å². The minimum atomic E-state index is -3.11. The lowest BCUT2D eigenvalue weighted by Crippen LogP contribution is -2.31. The minimum Gasteiger partial charge on any atom is -0.350 e. The predicted octanol–water partition coefficient (Wildman–Crippen LogP) is 0.927. The molecular weight excluding hydrogens is 250 g/mol. The van der Waals surface area contributed by atoms with Gasteiger partial charge in [-0.3, -0.25) is 0 Å². The average Bonchev–Trinajstić information content (AvgIpc) is 2.73. The lowest BCUT2D eigenvalue weighted by atomic mass is 10.4. The zero-order valence-corrected chi connectivity index (χ0v) is 12.0. The normalized spacial score (nSPS) is 11.9. The molecule has 0 atom stereocenters. The summed E-state index contributed by atoms with van der Waals surface area (Å²) in [6.07, 6.45) is 3.15. The van der Waals surface area contributed by atoms with Crippen LogP contribution in [0.2, 0.25) is 0 Å². The summed E-state index contributed by atoms with van der Waals surface area (Å²) in [6.45, 7) is 6.53. The lowest BCUT2D eigenvalue weighted by molar-refractivity contribution is 0.574. The van der Waals surface area contributed by atoms with E-state index in [1.807, 2.05) is 6.07 Å². The SMILES string of the molecule is CCCn1cccc1CNCCS(=O)(=O)NCC. The zero-order chi connectivity index (χ0) is 13.4. The number of aryl methyl sites for hydroxylation is 1. The maximum absolute atomic E-state index is 11.4. The van der Waals surface area contributed by atoms with Gasteiger partial charge in [-0.1, -0.05) is 13.8 Å². The van der Waals surface area contributed by atoms with Crippen molar-refractivity contribution in [3.63, 3.8) is 0 Å². The standard InChI is InChI=1S/C12H23N3O2S/c1-3-8-15-9-5-6-12(15)11-13-7-10-18(16,17)14-4-2/h5-6,9,13-14H,3-4,7-8,10-11H2,1-2H3. The Bertz CT molecular complexity index is 440. The van der Waals surface area contributed by atoms with Crippen LogP contribution in [0.3, 0.4) is 0 Å². The molecule has 1 aromatic heterocycles. The molecule has 1 heterocycles. The van der Waals surface area contributed by atoms with Crippen molar-refractivity contribution in [1.29, 1.82) is 0 Å². The van der Waals surface area contributed by atoms with E-state index in [-0.39, 0.29) is 5.75 Å². The second-order valence-electron chi connectivity index (χ2n) is 4.19. The first-order valence-corrected chi connectivity index (χ1v) is 8.06. The van der Waals surface area contributed by atoms with Crippen molar-refractivity contribution in [2.24, 2.45) is 0 Å². The molecule has 0 aromatic carbocycles. The van der Waals surface area contributed by atoms with E-state index in [2.05, 4.69) is 33.8 Å². The molecule has 6 heteroatoms. The third-order valence-electron chi connectivity index (χ3n) is 2.61. The fourth-order valence-corrected chi connectivity index (χ4v) is 2.78. The van der Waals surface area contributed by atoms with Crippen LogP contribution in [-0.4, -0.2) is 31.8 Å². The molecule has 0 spiro atoms. The van der Waals surface area contributed by atoms with Crippen LogP contribution in [0.5, 0.6) is 0 Å². The van der Waals surface area contributed by atoms with Crippen molar-refractivity contribution in [3.8, 4) is 0 Å². The van der Waals surface area contributed by atoms with Crippen molar-refractivity contribution in [1.82, 2.24) is 14.6 Å². The molecular formula is C12H23N3O2S. The molecule has 0 bridgehead atoms. The maximum Gasteiger partial charge on any atom is 0.212 e. The molecule has 104 valence electrons. The fourth-order valence-electron chi connectivity index (χ4n) is 1.78. The van der Waals surface area contributed by atoms with Gasteiger partial charge in [0.2, 0.25) is 10.0 Å². The van der Waals surface area contributed by atoms with Crippen molar-refractivity contribution < 1.29 is 8.42 Å². The van der Waals surface area contributed by atoms with Crippen LogP contribution in [0.25, 0.3) is 0 Å². The Morgan fingerprint density at radius 2 is 2.11 bits per heavy atom. The summed E-state index contributed by atoms with van der Waals surface area (Å²) in [5.41, 5.74) is 1.19. The van der Waals surface area contributed by atoms with E-state index >= 15 is 0 Å². The highest BCUT2D eigenvalue weighted by Crippen LogP contribution is 2.02. The topological polar surface area (TPSA) is 63.1 Å². The van der Waals surface area contributed by atoms with Gasteiger partial charge in [-0.2, -0.15) is 0 Å².